The molecule has 2 aromatic heterocycles. The lowest BCUT2D eigenvalue weighted by atomic mass is 10.00. The van der Waals surface area contributed by atoms with Crippen molar-refractivity contribution in [3.8, 4) is 0 Å². The van der Waals surface area contributed by atoms with Gasteiger partial charge in [0, 0.05) is 30.1 Å². The predicted molar refractivity (Wildman–Crippen MR) is 202 cm³/mol. The van der Waals surface area contributed by atoms with E-state index in [0.717, 1.165) is 10.9 Å². The van der Waals surface area contributed by atoms with E-state index in [1.54, 1.807) is 76.6 Å². The molecule has 1 aliphatic rings. The van der Waals surface area contributed by atoms with Crippen molar-refractivity contribution in [1.82, 2.24) is 13.7 Å². The number of nitrogens with two attached hydrogens (primary N) is 1. The van der Waals surface area contributed by atoms with E-state index in [-0.39, 0.29) is 18.7 Å². The minimum absolute atomic E-state index is 0.168. The van der Waals surface area contributed by atoms with Crippen LogP contribution < -0.4 is 16.3 Å². The smallest absolute Gasteiger partial charge is 0.437 e. The fourth-order valence-electron chi connectivity index (χ4n) is 6.77. The van der Waals surface area contributed by atoms with Crippen LogP contribution in [0.3, 0.4) is 0 Å². The number of carbonyl (C=O) groups excluding carboxylic acids is 3. The molecule has 1 saturated heterocycles. The Labute approximate surface area is 311 Å². The maximum Gasteiger partial charge on any atom is 0.437 e. The molecule has 53 heavy (non-hydrogen) atoms. The van der Waals surface area contributed by atoms with E-state index in [2.05, 4.69) is 4.99 Å². The standard InChI is InChI=1S/C39H44ClFN6O6/c1-23(48)51-34-22-44(32-19-25(40)11-13-28(32)42)17-16-31(34)47-33-20-26(41)12-14-30(33)46(35(47)43-36(49)52-38(2,3)4)21-24-9-8-10-29-27(24)15-18-45(29)37(50)53-39(5,6)7/h8-15,18-20,31,34H,16-17,21-22,42H2,1-7H3/t31-,34-/m0/s1. The first-order chi connectivity index (χ1) is 24.9. The van der Waals surface area contributed by atoms with E-state index >= 15 is 4.39 Å². The number of nitrogens with zero attached hydrogens (tertiary/aromatic N) is 5. The van der Waals surface area contributed by atoms with Crippen LogP contribution in [0.4, 0.5) is 25.4 Å². The van der Waals surface area contributed by atoms with Crippen molar-refractivity contribution in [2.75, 3.05) is 23.7 Å². The van der Waals surface area contributed by atoms with Crippen LogP contribution in [0.2, 0.25) is 5.02 Å². The average Bonchev–Trinajstić information content (AvgIpc) is 3.60. The molecule has 0 aliphatic carbocycles. The summed E-state index contributed by atoms with van der Waals surface area (Å²) in [5, 5.41) is 1.27. The minimum Gasteiger partial charge on any atom is -0.458 e. The van der Waals surface area contributed by atoms with Gasteiger partial charge in [-0.25, -0.2) is 14.0 Å². The van der Waals surface area contributed by atoms with Crippen LogP contribution in [-0.4, -0.2) is 62.3 Å². The molecule has 3 aromatic carbocycles. The van der Waals surface area contributed by atoms with Crippen LogP contribution >= 0.6 is 11.6 Å². The average molecular weight is 747 g/mol. The fraction of sp³-hybridized carbons (Fsp3) is 0.385. The van der Waals surface area contributed by atoms with Crippen LogP contribution in [0.25, 0.3) is 21.9 Å². The second kappa shape index (κ2) is 14.3. The second-order valence-corrected chi connectivity index (χ2v) is 15.6. The Balaban J connectivity index is 1.53. The van der Waals surface area contributed by atoms with Gasteiger partial charge in [-0.15, -0.1) is 4.99 Å². The molecule has 1 amide bonds. The number of halogens is 2. The third-order valence-electron chi connectivity index (χ3n) is 8.78. The van der Waals surface area contributed by atoms with Crippen LogP contribution in [0, 0.1) is 5.82 Å². The largest absolute Gasteiger partial charge is 0.458 e. The van der Waals surface area contributed by atoms with Crippen LogP contribution in [0.1, 0.15) is 66.5 Å². The molecule has 6 rings (SSSR count). The van der Waals surface area contributed by atoms with Crippen molar-refractivity contribution in [3.05, 3.63) is 88.9 Å². The number of hydrogen-bond acceptors (Lipinski definition) is 8. The number of piperidine rings is 1. The molecule has 1 fully saturated rings. The number of rotatable bonds is 5. The van der Waals surface area contributed by atoms with E-state index < -0.39 is 47.3 Å². The zero-order valence-electron chi connectivity index (χ0n) is 30.9. The number of carbonyl (C=O) groups is 3. The third-order valence-corrected chi connectivity index (χ3v) is 9.01. The molecule has 5 aromatic rings. The molecule has 0 saturated carbocycles. The first-order valence-electron chi connectivity index (χ1n) is 17.4. The number of nitrogen functional groups attached to an aromatic ring is 1. The molecule has 0 radical (unpaired) electrons. The fourth-order valence-corrected chi connectivity index (χ4v) is 6.94. The van der Waals surface area contributed by atoms with Gasteiger partial charge in [-0.05, 0) is 102 Å². The highest BCUT2D eigenvalue weighted by molar-refractivity contribution is 6.31. The Hall–Kier alpha value is -5.30. The van der Waals surface area contributed by atoms with Gasteiger partial charge in [0.2, 0.25) is 5.62 Å². The lowest BCUT2D eigenvalue weighted by Crippen LogP contribution is -2.49. The summed E-state index contributed by atoms with van der Waals surface area (Å²) in [5.41, 5.74) is 8.58. The van der Waals surface area contributed by atoms with Gasteiger partial charge in [-0.1, -0.05) is 23.7 Å². The summed E-state index contributed by atoms with van der Waals surface area (Å²) >= 11 is 6.33. The first kappa shape index (κ1) is 37.5. The zero-order valence-corrected chi connectivity index (χ0v) is 31.6. The summed E-state index contributed by atoms with van der Waals surface area (Å²) in [6, 6.07) is 16.3. The number of esters is 1. The van der Waals surface area contributed by atoms with Crippen LogP contribution in [0.5, 0.6) is 0 Å². The summed E-state index contributed by atoms with van der Waals surface area (Å²) in [4.78, 5) is 45.7. The zero-order chi connectivity index (χ0) is 38.4. The summed E-state index contributed by atoms with van der Waals surface area (Å²) in [7, 11) is 0. The molecular formula is C39H44ClFN6O6. The lowest BCUT2D eigenvalue weighted by molar-refractivity contribution is -0.148. The Morgan fingerprint density at radius 1 is 0.943 bits per heavy atom. The SMILES string of the molecule is CC(=O)O[C@H]1CN(c2cc(Cl)ccc2N)CC[C@@H]1n1c(=NC(=O)OC(C)(C)C)n(Cc2cccc3c2ccn3C(=O)OC(C)(C)C)c2ccc(F)cc21. The van der Waals surface area contributed by atoms with E-state index in [9.17, 15) is 14.4 Å². The van der Waals surface area contributed by atoms with E-state index in [1.807, 2.05) is 33.7 Å². The molecular weight excluding hydrogens is 703 g/mol. The Kier molecular flexibility index (Phi) is 10.1. The highest BCUT2D eigenvalue weighted by atomic mass is 35.5. The first-order valence-corrected chi connectivity index (χ1v) is 17.7. The maximum absolute atomic E-state index is 15.2. The molecule has 0 spiro atoms. The molecule has 2 atom stereocenters. The number of hydrogen-bond donors (Lipinski definition) is 1. The van der Waals surface area contributed by atoms with Gasteiger partial charge in [0.1, 0.15) is 23.1 Å². The number of imidazole rings is 1. The van der Waals surface area contributed by atoms with Crippen molar-refractivity contribution in [3.63, 3.8) is 0 Å². The lowest BCUT2D eigenvalue weighted by Gasteiger charge is -2.40. The topological polar surface area (TPSA) is 135 Å². The molecule has 12 nitrogen and oxygen atoms in total. The van der Waals surface area contributed by atoms with Crippen LogP contribution in [0.15, 0.2) is 71.9 Å². The van der Waals surface area contributed by atoms with Crippen molar-refractivity contribution >= 4 is 63.1 Å². The van der Waals surface area contributed by atoms with Gasteiger partial charge in [-0.2, -0.15) is 0 Å². The van der Waals surface area contributed by atoms with Gasteiger partial charge >= 0.3 is 18.2 Å². The van der Waals surface area contributed by atoms with Gasteiger partial charge in [0.05, 0.1) is 47.1 Å². The van der Waals surface area contributed by atoms with Crippen LogP contribution in [-0.2, 0) is 25.5 Å². The summed E-state index contributed by atoms with van der Waals surface area (Å²) < 4.78 is 37.5. The predicted octanol–water partition coefficient (Wildman–Crippen LogP) is 7.82. The summed E-state index contributed by atoms with van der Waals surface area (Å²) in [6.45, 7) is 12.8. The second-order valence-electron chi connectivity index (χ2n) is 15.2. The van der Waals surface area contributed by atoms with E-state index in [4.69, 9.17) is 31.5 Å². The highest BCUT2D eigenvalue weighted by Crippen LogP contribution is 2.35. The number of benzene rings is 3. The highest BCUT2D eigenvalue weighted by Gasteiger charge is 2.36. The van der Waals surface area contributed by atoms with Crippen molar-refractivity contribution in [1.29, 1.82) is 0 Å². The Morgan fingerprint density at radius 3 is 2.38 bits per heavy atom. The van der Waals surface area contributed by atoms with Gasteiger partial charge in [0.15, 0.2) is 0 Å². The van der Waals surface area contributed by atoms with Gasteiger partial charge in [-0.3, -0.25) is 9.36 Å². The Morgan fingerprint density at radius 2 is 1.68 bits per heavy atom. The number of anilines is 2. The van der Waals surface area contributed by atoms with Gasteiger partial charge in [0.25, 0.3) is 0 Å². The molecule has 2 N–H and O–H groups in total. The van der Waals surface area contributed by atoms with Crippen molar-refractivity contribution in [2.45, 2.75) is 84.8 Å². The molecule has 0 unspecified atom stereocenters. The number of aromatic nitrogens is 3. The summed E-state index contributed by atoms with van der Waals surface area (Å²) in [5.74, 6) is -1.01. The third kappa shape index (κ3) is 8.20. The molecule has 0 bridgehead atoms. The molecule has 14 heteroatoms. The van der Waals surface area contributed by atoms with E-state index in [1.165, 1.54) is 23.6 Å². The monoisotopic (exact) mass is 746 g/mol. The normalized spacial score (nSPS) is 17.0. The maximum atomic E-state index is 15.2. The van der Waals surface area contributed by atoms with Crippen molar-refractivity contribution < 1.29 is 33.0 Å². The number of fused-ring (bicyclic) bond motifs is 2. The minimum atomic E-state index is -0.854. The van der Waals surface area contributed by atoms with Gasteiger partial charge < -0.3 is 34.0 Å². The molecule has 3 heterocycles. The summed E-state index contributed by atoms with van der Waals surface area (Å²) in [6.07, 6.45) is -0.0896. The number of ether oxygens (including phenoxy) is 3. The van der Waals surface area contributed by atoms with Crippen molar-refractivity contribution in [2.24, 2.45) is 4.99 Å². The number of amides is 1. The molecule has 280 valence electrons. The Bertz CT molecular complexity index is 2300. The quantitative estimate of drug-likeness (QED) is 0.109. The molecule has 1 aliphatic heterocycles. The van der Waals surface area contributed by atoms with E-state index in [0.29, 0.717) is 45.9 Å².